The molecule has 3 heteroatoms. The molecule has 3 heterocycles. The summed E-state index contributed by atoms with van der Waals surface area (Å²) in [6, 6.07) is 30.7. The van der Waals surface area contributed by atoms with Gasteiger partial charge in [0.15, 0.2) is 0 Å². The smallest absolute Gasteiger partial charge is 0.0844 e. The van der Waals surface area contributed by atoms with Gasteiger partial charge in [0.25, 0.3) is 0 Å². The fourth-order valence-corrected chi connectivity index (χ4v) is 11.0. The van der Waals surface area contributed by atoms with Crippen LogP contribution in [0.5, 0.6) is 0 Å². The normalized spacial score (nSPS) is 32.5. The van der Waals surface area contributed by atoms with E-state index in [9.17, 15) is 0 Å². The van der Waals surface area contributed by atoms with Crippen LogP contribution < -0.4 is 0 Å². The third-order valence-electron chi connectivity index (χ3n) is 13.0. The van der Waals surface area contributed by atoms with E-state index in [2.05, 4.69) is 162 Å². The van der Waals surface area contributed by atoms with E-state index in [4.69, 9.17) is 9.47 Å². The van der Waals surface area contributed by atoms with Gasteiger partial charge in [-0.2, -0.15) is 0 Å². The minimum Gasteiger partial charge on any atom is -0.366 e. The van der Waals surface area contributed by atoms with Gasteiger partial charge in [-0.3, -0.25) is 0 Å². The predicted molar refractivity (Wildman–Crippen MR) is 211 cm³/mol. The zero-order valence-corrected chi connectivity index (χ0v) is 29.4. The van der Waals surface area contributed by atoms with Crippen LogP contribution in [0.4, 0.5) is 0 Å². The van der Waals surface area contributed by atoms with Crippen molar-refractivity contribution in [3.8, 4) is 5.69 Å². The lowest BCUT2D eigenvalue weighted by molar-refractivity contribution is -0.177. The quantitative estimate of drug-likeness (QED) is 0.202. The molecule has 8 atom stereocenters. The summed E-state index contributed by atoms with van der Waals surface area (Å²) in [4.78, 5) is 0. The summed E-state index contributed by atoms with van der Waals surface area (Å²) in [5.41, 5.74) is 11.7. The number of hydrogen-bond donors (Lipinski definition) is 0. The molecule has 4 aromatic rings. The van der Waals surface area contributed by atoms with Crippen molar-refractivity contribution in [2.75, 3.05) is 0 Å². The third-order valence-corrected chi connectivity index (χ3v) is 13.0. The molecule has 52 heavy (non-hydrogen) atoms. The molecule has 2 fully saturated rings. The Labute approximate surface area is 306 Å². The first-order chi connectivity index (χ1) is 25.8. The first kappa shape index (κ1) is 30.6. The molecule has 1 aromatic heterocycles. The summed E-state index contributed by atoms with van der Waals surface area (Å²) in [5.74, 6) is 0.553. The molecular weight excluding hydrogens is 635 g/mol. The van der Waals surface area contributed by atoms with Crippen LogP contribution in [-0.4, -0.2) is 29.0 Å². The maximum atomic E-state index is 7.35. The number of aromatic nitrogens is 1. The van der Waals surface area contributed by atoms with Gasteiger partial charge in [0.1, 0.15) is 0 Å². The summed E-state index contributed by atoms with van der Waals surface area (Å²) in [5, 5.41) is 1.36. The standard InChI is InChI=1S/C49H43NO2/c1-3-14-32(15-4-1)33-27-29-46-42(30-33)49(39-21-8-11-24-44(39)51-45-25-12-9-22-40(45)49)41-28-26-34(31-47(41)52-46)36-19-13-20-38-37-18-7-10-23-43(37)50(48(36)38)35-16-5-2-6-17-35/h1-8,10-11,14-19,21-24,26-31,39,41-42,44-47H,9,12-13,20,25H2. The van der Waals surface area contributed by atoms with Crippen molar-refractivity contribution < 1.29 is 9.47 Å². The Morgan fingerprint density at radius 3 is 2.31 bits per heavy atom. The Morgan fingerprint density at radius 2 is 1.40 bits per heavy atom. The second kappa shape index (κ2) is 12.0. The lowest BCUT2D eigenvalue weighted by atomic mass is 9.47. The summed E-state index contributed by atoms with van der Waals surface area (Å²) >= 11 is 0. The van der Waals surface area contributed by atoms with Crippen molar-refractivity contribution in [1.82, 2.24) is 4.57 Å². The molecular formula is C49H43NO2. The van der Waals surface area contributed by atoms with Crippen LogP contribution in [0.3, 0.4) is 0 Å². The van der Waals surface area contributed by atoms with Crippen LogP contribution >= 0.6 is 0 Å². The molecule has 2 aliphatic heterocycles. The number of nitrogens with zero attached hydrogens (tertiary/aromatic N) is 1. The number of allylic oxidation sites excluding steroid dienone is 9. The summed E-state index contributed by atoms with van der Waals surface area (Å²) in [6.45, 7) is 0. The number of fused-ring (bicyclic) bond motifs is 11. The average molecular weight is 678 g/mol. The zero-order chi connectivity index (χ0) is 34.2. The molecule has 256 valence electrons. The van der Waals surface area contributed by atoms with Gasteiger partial charge in [0.2, 0.25) is 0 Å². The van der Waals surface area contributed by atoms with Gasteiger partial charge >= 0.3 is 0 Å². The van der Waals surface area contributed by atoms with Gasteiger partial charge in [-0.1, -0.05) is 134 Å². The first-order valence-electron chi connectivity index (χ1n) is 19.4. The molecule has 0 amide bonds. The van der Waals surface area contributed by atoms with Crippen LogP contribution in [0, 0.1) is 23.2 Å². The van der Waals surface area contributed by atoms with Crippen molar-refractivity contribution in [3.63, 3.8) is 0 Å². The summed E-state index contributed by atoms with van der Waals surface area (Å²) in [6.07, 6.45) is 34.6. The van der Waals surface area contributed by atoms with Gasteiger partial charge in [-0.25, -0.2) is 0 Å². The molecule has 7 aliphatic rings. The van der Waals surface area contributed by atoms with Crippen molar-refractivity contribution in [1.29, 1.82) is 0 Å². The lowest BCUT2D eigenvalue weighted by Crippen LogP contribution is -2.64. The molecule has 0 bridgehead atoms. The highest BCUT2D eigenvalue weighted by atomic mass is 16.5. The van der Waals surface area contributed by atoms with E-state index in [-0.39, 0.29) is 47.6 Å². The number of rotatable bonds is 3. The minimum atomic E-state index is -0.183. The Bertz CT molecular complexity index is 2330. The van der Waals surface area contributed by atoms with E-state index in [1.165, 1.54) is 62.1 Å². The molecule has 0 N–H and O–H groups in total. The summed E-state index contributed by atoms with van der Waals surface area (Å²) < 4.78 is 16.8. The van der Waals surface area contributed by atoms with Gasteiger partial charge in [0, 0.05) is 39.8 Å². The first-order valence-corrected chi connectivity index (χ1v) is 19.4. The molecule has 3 aromatic carbocycles. The van der Waals surface area contributed by atoms with E-state index >= 15 is 0 Å². The Hall–Kier alpha value is -4.96. The molecule has 1 spiro atoms. The fraction of sp³-hybridized carbons (Fsp3) is 0.265. The molecule has 3 nitrogen and oxygen atoms in total. The Morgan fingerprint density at radius 1 is 0.635 bits per heavy atom. The van der Waals surface area contributed by atoms with Crippen molar-refractivity contribution in [3.05, 3.63) is 186 Å². The maximum Gasteiger partial charge on any atom is 0.0844 e. The number of hydrogen-bond acceptors (Lipinski definition) is 2. The highest BCUT2D eigenvalue weighted by Crippen LogP contribution is 2.65. The van der Waals surface area contributed by atoms with Gasteiger partial charge in [0.05, 0.1) is 35.6 Å². The average Bonchev–Trinajstić information content (AvgIpc) is 3.56. The van der Waals surface area contributed by atoms with E-state index in [1.807, 2.05) is 0 Å². The Balaban J connectivity index is 1.08. The summed E-state index contributed by atoms with van der Waals surface area (Å²) in [7, 11) is 0. The minimum absolute atomic E-state index is 0.0362. The van der Waals surface area contributed by atoms with E-state index in [0.29, 0.717) is 0 Å². The zero-order valence-electron chi connectivity index (χ0n) is 29.4. The SMILES string of the molecule is C1=CC2OC3CCCC=C3C3(C2C=C1)C1C=CC(C2=CCCc4c2n(-c2ccccc2)c2ccccc42)=CC1OC1C=CC(c2ccccc2)=CC13. The number of ether oxygens (including phenoxy) is 2. The van der Waals surface area contributed by atoms with Crippen LogP contribution in [0.1, 0.15) is 42.5 Å². The molecule has 0 saturated carbocycles. The molecule has 8 unspecified atom stereocenters. The topological polar surface area (TPSA) is 23.4 Å². The largest absolute Gasteiger partial charge is 0.366 e. The lowest BCUT2D eigenvalue weighted by Gasteiger charge is -2.63. The van der Waals surface area contributed by atoms with E-state index in [1.54, 1.807) is 0 Å². The van der Waals surface area contributed by atoms with Gasteiger partial charge in [-0.15, -0.1) is 0 Å². The molecule has 2 saturated heterocycles. The number of benzene rings is 3. The highest BCUT2D eigenvalue weighted by molar-refractivity contribution is 5.96. The van der Waals surface area contributed by atoms with Crippen molar-refractivity contribution in [2.45, 2.75) is 56.5 Å². The molecule has 0 radical (unpaired) electrons. The van der Waals surface area contributed by atoms with Gasteiger partial charge < -0.3 is 14.0 Å². The molecule has 11 rings (SSSR count). The van der Waals surface area contributed by atoms with Crippen LogP contribution in [0.2, 0.25) is 0 Å². The van der Waals surface area contributed by atoms with Gasteiger partial charge in [-0.05, 0) is 84.2 Å². The fourth-order valence-electron chi connectivity index (χ4n) is 11.0. The monoisotopic (exact) mass is 677 g/mol. The number of para-hydroxylation sites is 2. The van der Waals surface area contributed by atoms with Crippen LogP contribution in [0.15, 0.2) is 169 Å². The third kappa shape index (κ3) is 4.45. The maximum absolute atomic E-state index is 7.35. The van der Waals surface area contributed by atoms with Crippen LogP contribution in [-0.2, 0) is 15.9 Å². The van der Waals surface area contributed by atoms with Crippen molar-refractivity contribution >= 4 is 22.0 Å². The highest BCUT2D eigenvalue weighted by Gasteiger charge is 2.64. The van der Waals surface area contributed by atoms with E-state index in [0.717, 1.165) is 25.7 Å². The van der Waals surface area contributed by atoms with Crippen LogP contribution in [0.25, 0.3) is 27.7 Å². The Kier molecular flexibility index (Phi) is 7.10. The molecule has 5 aliphatic carbocycles. The van der Waals surface area contributed by atoms with E-state index < -0.39 is 0 Å². The second-order valence-electron chi connectivity index (χ2n) is 15.5. The second-order valence-corrected chi connectivity index (χ2v) is 15.5. The number of aryl methyl sites for hydroxylation is 1. The predicted octanol–water partition coefficient (Wildman–Crippen LogP) is 10.7. The van der Waals surface area contributed by atoms with Crippen molar-refractivity contribution in [2.24, 2.45) is 23.2 Å².